The van der Waals surface area contributed by atoms with E-state index in [-0.39, 0.29) is 85.9 Å². The molecule has 5 saturated heterocycles. The number of nitrogens with one attached hydrogen (secondary N) is 1. The molecule has 0 amide bonds. The van der Waals surface area contributed by atoms with Crippen molar-refractivity contribution in [1.82, 2.24) is 30.6 Å². The van der Waals surface area contributed by atoms with Crippen LogP contribution in [0.25, 0.3) is 0 Å². The highest BCUT2D eigenvalue weighted by molar-refractivity contribution is 4.99. The molecule has 0 saturated carbocycles. The van der Waals surface area contributed by atoms with Crippen LogP contribution in [0.3, 0.4) is 0 Å². The first kappa shape index (κ1) is 66.3. The van der Waals surface area contributed by atoms with Crippen LogP contribution in [-0.2, 0) is 0 Å². The van der Waals surface area contributed by atoms with E-state index in [1.54, 1.807) is 0 Å². The van der Waals surface area contributed by atoms with E-state index >= 15 is 0 Å². The van der Waals surface area contributed by atoms with E-state index in [2.05, 4.69) is 5.32 Å². The second kappa shape index (κ2) is 24.8. The summed E-state index contributed by atoms with van der Waals surface area (Å²) in [6.07, 6.45) is 4.85. The minimum absolute atomic E-state index is 0.293. The molecule has 0 bridgehead atoms. The Morgan fingerprint density at radius 3 is 0.493 bits per heavy atom. The van der Waals surface area contributed by atoms with Crippen LogP contribution in [0.2, 0.25) is 0 Å². The van der Waals surface area contributed by atoms with Crippen molar-refractivity contribution < 1.29 is 51.6 Å². The summed E-state index contributed by atoms with van der Waals surface area (Å²) in [4.78, 5) is 0. The van der Waals surface area contributed by atoms with Gasteiger partial charge >= 0.3 is 0 Å². The summed E-state index contributed by atoms with van der Waals surface area (Å²) in [5.74, 6) is 0. The Morgan fingerprint density at radius 2 is 0.403 bits per heavy atom. The molecule has 404 valence electrons. The lowest BCUT2D eigenvalue weighted by Gasteiger charge is -2.50. The maximum atomic E-state index is 9.80. The Labute approximate surface area is 407 Å². The number of hydrogen-bond acceptors (Lipinski definition) is 18. The molecule has 18 nitrogen and oxygen atoms in total. The standard InChI is InChI=1S/5C9H19NO2.C4H13N3/c5*1-8(2)5-7(11)6-9(3,4)10(8)12;5-1-3-7-4-2-6/h5*7,11-12H,5-6H2,1-4H3;7H,1-6H2. The quantitative estimate of drug-likeness (QED) is 0.156. The van der Waals surface area contributed by atoms with Crippen LogP contribution in [0.5, 0.6) is 0 Å². The predicted octanol–water partition coefficient (Wildman–Crippen LogP) is 5.44. The number of rotatable bonds is 4. The lowest BCUT2D eigenvalue weighted by Crippen LogP contribution is -2.60. The zero-order valence-corrected chi connectivity index (χ0v) is 46.1. The van der Waals surface area contributed by atoms with E-state index < -0.39 is 0 Å². The summed E-state index contributed by atoms with van der Waals surface area (Å²) in [6.45, 7) is 42.0. The van der Waals surface area contributed by atoms with E-state index in [1.807, 2.05) is 138 Å². The molecule has 67 heavy (non-hydrogen) atoms. The van der Waals surface area contributed by atoms with Gasteiger partial charge in [-0.15, -0.1) is 0 Å². The third-order valence-electron chi connectivity index (χ3n) is 13.7. The SMILES string of the molecule is CC1(C)CC(O)CC(C)(C)N1O.CC1(C)CC(O)CC(C)(C)N1O.CC1(C)CC(O)CC(C)(C)N1O.CC1(C)CC(O)CC(C)(C)N1O.CC1(C)CC(O)CC(C)(C)N1O.NCCNCCN. The molecule has 0 aromatic rings. The summed E-state index contributed by atoms with van der Waals surface area (Å²) in [5.41, 5.74) is 7.15. The zero-order chi connectivity index (χ0) is 53.4. The van der Waals surface area contributed by atoms with E-state index in [4.69, 9.17) is 11.5 Å². The van der Waals surface area contributed by atoms with Gasteiger partial charge in [-0.05, 0) is 203 Å². The van der Waals surface area contributed by atoms with Gasteiger partial charge in [0.2, 0.25) is 0 Å². The second-order valence-electron chi connectivity index (χ2n) is 26.3. The first-order chi connectivity index (χ1) is 29.7. The summed E-state index contributed by atoms with van der Waals surface area (Å²) < 4.78 is 0. The number of hydroxylamine groups is 10. The van der Waals surface area contributed by atoms with Gasteiger partial charge in [0.1, 0.15) is 0 Å². The van der Waals surface area contributed by atoms with E-state index in [1.165, 1.54) is 25.3 Å². The smallest absolute Gasteiger partial charge is 0.0576 e. The van der Waals surface area contributed by atoms with Gasteiger partial charge in [-0.1, -0.05) is 0 Å². The Kier molecular flexibility index (Phi) is 24.5. The van der Waals surface area contributed by atoms with Crippen LogP contribution in [0.1, 0.15) is 203 Å². The fourth-order valence-corrected chi connectivity index (χ4v) is 11.4. The highest BCUT2D eigenvalue weighted by Gasteiger charge is 2.48. The number of nitrogens with zero attached hydrogens (tertiary/aromatic N) is 5. The Morgan fingerprint density at radius 1 is 0.299 bits per heavy atom. The molecule has 5 aliphatic heterocycles. The third kappa shape index (κ3) is 20.4. The van der Waals surface area contributed by atoms with Gasteiger partial charge in [-0.3, -0.25) is 0 Å². The molecule has 18 heteroatoms. The van der Waals surface area contributed by atoms with Crippen LogP contribution in [-0.4, -0.2) is 189 Å². The molecule has 5 rings (SSSR count). The second-order valence-corrected chi connectivity index (χ2v) is 26.3. The molecule has 0 aromatic heterocycles. The molecule has 0 radical (unpaired) electrons. The molecule has 5 fully saturated rings. The average Bonchev–Trinajstić information content (AvgIpc) is 3.09. The van der Waals surface area contributed by atoms with Crippen molar-refractivity contribution in [3.8, 4) is 0 Å². The van der Waals surface area contributed by atoms with E-state index in [9.17, 15) is 51.6 Å². The lowest BCUT2D eigenvalue weighted by atomic mass is 9.80. The Balaban J connectivity index is 0.000000786. The first-order valence-electron chi connectivity index (χ1n) is 24.7. The maximum Gasteiger partial charge on any atom is 0.0576 e. The minimum atomic E-state index is -0.318. The van der Waals surface area contributed by atoms with Crippen molar-refractivity contribution in [3.05, 3.63) is 0 Å². The van der Waals surface area contributed by atoms with E-state index in [0.717, 1.165) is 13.1 Å². The highest BCUT2D eigenvalue weighted by atomic mass is 16.5. The van der Waals surface area contributed by atoms with Crippen molar-refractivity contribution >= 4 is 0 Å². The van der Waals surface area contributed by atoms with Gasteiger partial charge in [0.15, 0.2) is 0 Å². The molecule has 0 atom stereocenters. The molecule has 0 aliphatic carbocycles. The van der Waals surface area contributed by atoms with Crippen LogP contribution in [0, 0.1) is 0 Å². The van der Waals surface area contributed by atoms with Gasteiger partial charge in [-0.25, -0.2) is 0 Å². The fraction of sp³-hybridized carbons (Fsp3) is 1.00. The summed E-state index contributed by atoms with van der Waals surface area (Å²) >= 11 is 0. The fourth-order valence-electron chi connectivity index (χ4n) is 11.4. The highest BCUT2D eigenvalue weighted by Crippen LogP contribution is 2.40. The zero-order valence-electron chi connectivity index (χ0n) is 46.1. The predicted molar refractivity (Wildman–Crippen MR) is 266 cm³/mol. The molecule has 5 heterocycles. The minimum Gasteiger partial charge on any atom is -0.393 e. The van der Waals surface area contributed by atoms with Crippen molar-refractivity contribution in [2.75, 3.05) is 26.2 Å². The van der Waals surface area contributed by atoms with Crippen molar-refractivity contribution in [2.24, 2.45) is 11.5 Å². The summed E-state index contributed by atoms with van der Waals surface area (Å²) in [5, 5.41) is 107. The number of aliphatic hydroxyl groups is 5. The van der Waals surface area contributed by atoms with Crippen molar-refractivity contribution in [1.29, 1.82) is 0 Å². The topological polar surface area (TPSA) is 283 Å². The first-order valence-corrected chi connectivity index (χ1v) is 24.7. The largest absolute Gasteiger partial charge is 0.393 e. The molecule has 0 unspecified atom stereocenters. The van der Waals surface area contributed by atoms with Crippen LogP contribution < -0.4 is 16.8 Å². The molecule has 15 N–H and O–H groups in total. The van der Waals surface area contributed by atoms with Gasteiger partial charge < -0.3 is 68.4 Å². The molecule has 5 aliphatic rings. The third-order valence-corrected chi connectivity index (χ3v) is 13.7. The van der Waals surface area contributed by atoms with Crippen molar-refractivity contribution in [2.45, 2.75) is 289 Å². The van der Waals surface area contributed by atoms with Gasteiger partial charge in [0.05, 0.1) is 30.5 Å². The molecular formula is C49H108N8O10. The molecular weight excluding hydrogens is 861 g/mol. The Bertz CT molecular complexity index is 1120. The van der Waals surface area contributed by atoms with Crippen LogP contribution in [0.4, 0.5) is 0 Å². The molecule has 0 aromatic carbocycles. The normalized spacial score (nSPS) is 28.3. The number of nitrogens with two attached hydrogens (primary N) is 2. The summed E-state index contributed by atoms with van der Waals surface area (Å²) in [7, 11) is 0. The summed E-state index contributed by atoms with van der Waals surface area (Å²) in [6, 6.07) is 0. The van der Waals surface area contributed by atoms with Gasteiger partial charge in [0, 0.05) is 81.6 Å². The maximum absolute atomic E-state index is 9.80. The van der Waals surface area contributed by atoms with Crippen LogP contribution in [0.15, 0.2) is 0 Å². The number of hydrogen-bond donors (Lipinski definition) is 13. The Hall–Kier alpha value is -0.720. The average molecular weight is 969 g/mol. The van der Waals surface area contributed by atoms with Crippen molar-refractivity contribution in [3.63, 3.8) is 0 Å². The number of piperidine rings is 5. The molecule has 0 spiro atoms. The number of aliphatic hydroxyl groups excluding tert-OH is 5. The van der Waals surface area contributed by atoms with Crippen LogP contribution >= 0.6 is 0 Å². The monoisotopic (exact) mass is 969 g/mol. The van der Waals surface area contributed by atoms with E-state index in [0.29, 0.717) is 77.3 Å². The van der Waals surface area contributed by atoms with Gasteiger partial charge in [-0.2, -0.15) is 25.3 Å². The van der Waals surface area contributed by atoms with Gasteiger partial charge in [0.25, 0.3) is 0 Å². The lowest BCUT2D eigenvalue weighted by molar-refractivity contribution is -0.257.